The zero-order chi connectivity index (χ0) is 13.4. The minimum absolute atomic E-state index is 0.458. The smallest absolute Gasteiger partial charge is 0.320 e. The number of aliphatic carboxylic acids is 1. The number of nitrogens with one attached hydrogen (secondary N) is 1. The summed E-state index contributed by atoms with van der Waals surface area (Å²) in [4.78, 5) is 12.0. The monoisotopic (exact) mass is 269 g/mol. The minimum atomic E-state index is -0.785. The van der Waals surface area contributed by atoms with Crippen LogP contribution < -0.4 is 10.1 Å². The molecule has 1 unspecified atom stereocenters. The third-order valence-corrected chi connectivity index (χ3v) is 3.53. The van der Waals surface area contributed by atoms with Crippen molar-refractivity contribution in [1.82, 2.24) is 5.32 Å². The molecule has 4 nitrogen and oxygen atoms in total. The summed E-state index contributed by atoms with van der Waals surface area (Å²) in [5, 5.41) is 11.9. The number of benzene rings is 1. The van der Waals surface area contributed by atoms with Gasteiger partial charge in [0.1, 0.15) is 11.8 Å². The molecule has 0 radical (unpaired) electrons. The lowest BCUT2D eigenvalue weighted by Crippen LogP contribution is -2.36. The van der Waals surface area contributed by atoms with Crippen LogP contribution in [0.4, 0.5) is 0 Å². The second kappa shape index (κ2) is 8.00. The van der Waals surface area contributed by atoms with E-state index in [9.17, 15) is 4.79 Å². The van der Waals surface area contributed by atoms with Crippen LogP contribution in [0.3, 0.4) is 0 Å². The first-order valence-electron chi connectivity index (χ1n) is 5.90. The lowest BCUT2D eigenvalue weighted by Gasteiger charge is -2.12. The van der Waals surface area contributed by atoms with Gasteiger partial charge in [-0.15, -0.1) is 11.8 Å². The molecule has 0 aromatic heterocycles. The molecule has 18 heavy (non-hydrogen) atoms. The number of carboxylic acids is 1. The van der Waals surface area contributed by atoms with Crippen molar-refractivity contribution in [1.29, 1.82) is 0 Å². The summed E-state index contributed by atoms with van der Waals surface area (Å²) in [6.45, 7) is 2.58. The standard InChI is InChI=1S/C13H19NO3S/c1-3-14-12(13(15)16)8-9-18-11-6-4-10(17-2)5-7-11/h4-7,12,14H,3,8-9H2,1-2H3,(H,15,16). The van der Waals surface area contributed by atoms with E-state index in [1.54, 1.807) is 18.9 Å². The Balaban J connectivity index is 2.37. The Morgan fingerprint density at radius 1 is 1.44 bits per heavy atom. The maximum atomic E-state index is 10.9. The second-order valence-corrected chi connectivity index (χ2v) is 4.93. The molecule has 0 aliphatic rings. The molecular weight excluding hydrogens is 250 g/mol. The summed E-state index contributed by atoms with van der Waals surface area (Å²) >= 11 is 1.65. The summed E-state index contributed by atoms with van der Waals surface area (Å²) in [5.74, 6) is 0.818. The van der Waals surface area contributed by atoms with E-state index in [1.165, 1.54) is 0 Å². The first kappa shape index (κ1) is 14.9. The summed E-state index contributed by atoms with van der Waals surface area (Å²) in [6.07, 6.45) is 0.611. The first-order valence-corrected chi connectivity index (χ1v) is 6.89. The van der Waals surface area contributed by atoms with Crippen molar-refractivity contribution >= 4 is 17.7 Å². The van der Waals surface area contributed by atoms with Gasteiger partial charge in [0.25, 0.3) is 0 Å². The highest BCUT2D eigenvalue weighted by atomic mass is 32.2. The molecule has 0 heterocycles. The van der Waals surface area contributed by atoms with Gasteiger partial charge < -0.3 is 15.2 Å². The molecule has 1 aromatic rings. The largest absolute Gasteiger partial charge is 0.497 e. The topological polar surface area (TPSA) is 58.6 Å². The van der Waals surface area contributed by atoms with Gasteiger partial charge in [-0.05, 0) is 37.2 Å². The van der Waals surface area contributed by atoms with E-state index in [0.717, 1.165) is 16.4 Å². The van der Waals surface area contributed by atoms with Crippen molar-refractivity contribution in [2.24, 2.45) is 0 Å². The Hall–Kier alpha value is -1.20. The van der Waals surface area contributed by atoms with Gasteiger partial charge in [0.05, 0.1) is 7.11 Å². The third-order valence-electron chi connectivity index (χ3n) is 2.48. The number of methoxy groups -OCH3 is 1. The molecule has 0 aliphatic heterocycles. The average Bonchev–Trinajstić information content (AvgIpc) is 2.38. The highest BCUT2D eigenvalue weighted by Crippen LogP contribution is 2.22. The number of carbonyl (C=O) groups is 1. The van der Waals surface area contributed by atoms with E-state index >= 15 is 0 Å². The van der Waals surface area contributed by atoms with Crippen LogP contribution in [0, 0.1) is 0 Å². The maximum Gasteiger partial charge on any atom is 0.320 e. The summed E-state index contributed by atoms with van der Waals surface area (Å²) in [5.41, 5.74) is 0. The van der Waals surface area contributed by atoms with Crippen LogP contribution >= 0.6 is 11.8 Å². The van der Waals surface area contributed by atoms with E-state index in [-0.39, 0.29) is 0 Å². The van der Waals surface area contributed by atoms with Crippen molar-refractivity contribution < 1.29 is 14.6 Å². The quantitative estimate of drug-likeness (QED) is 0.709. The summed E-state index contributed by atoms with van der Waals surface area (Å²) in [6, 6.07) is 7.31. The lowest BCUT2D eigenvalue weighted by molar-refractivity contribution is -0.139. The SMILES string of the molecule is CCNC(CCSc1ccc(OC)cc1)C(=O)O. The van der Waals surface area contributed by atoms with Gasteiger partial charge in [-0.2, -0.15) is 0 Å². The van der Waals surface area contributed by atoms with E-state index in [2.05, 4.69) is 5.32 Å². The Morgan fingerprint density at radius 3 is 2.61 bits per heavy atom. The van der Waals surface area contributed by atoms with Gasteiger partial charge >= 0.3 is 5.97 Å². The molecule has 0 spiro atoms. The molecular formula is C13H19NO3S. The minimum Gasteiger partial charge on any atom is -0.497 e. The van der Waals surface area contributed by atoms with Crippen molar-refractivity contribution in [3.05, 3.63) is 24.3 Å². The van der Waals surface area contributed by atoms with Crippen LogP contribution in [-0.2, 0) is 4.79 Å². The van der Waals surface area contributed by atoms with Gasteiger partial charge in [-0.1, -0.05) is 6.92 Å². The Labute approximate surface area is 112 Å². The zero-order valence-corrected chi connectivity index (χ0v) is 11.5. The molecule has 5 heteroatoms. The number of thioether (sulfide) groups is 1. The van der Waals surface area contributed by atoms with Crippen LogP contribution in [0.2, 0.25) is 0 Å². The van der Waals surface area contributed by atoms with E-state index in [0.29, 0.717) is 13.0 Å². The van der Waals surface area contributed by atoms with Gasteiger partial charge in [0, 0.05) is 10.6 Å². The van der Waals surface area contributed by atoms with Gasteiger partial charge in [0.2, 0.25) is 0 Å². The fourth-order valence-electron chi connectivity index (χ4n) is 1.53. The number of likely N-dealkylation sites (N-methyl/N-ethyl adjacent to an activating group) is 1. The number of hydrogen-bond acceptors (Lipinski definition) is 4. The molecule has 0 bridgehead atoms. The first-order chi connectivity index (χ1) is 8.67. The van der Waals surface area contributed by atoms with Crippen molar-refractivity contribution in [3.63, 3.8) is 0 Å². The van der Waals surface area contributed by atoms with Crippen LogP contribution in [0.25, 0.3) is 0 Å². The Kier molecular flexibility index (Phi) is 6.60. The molecule has 1 atom stereocenters. The van der Waals surface area contributed by atoms with E-state index in [4.69, 9.17) is 9.84 Å². The normalized spacial score (nSPS) is 12.1. The molecule has 0 saturated heterocycles. The van der Waals surface area contributed by atoms with Crippen LogP contribution in [-0.4, -0.2) is 36.5 Å². The van der Waals surface area contributed by atoms with Crippen LogP contribution in [0.1, 0.15) is 13.3 Å². The van der Waals surface area contributed by atoms with Gasteiger partial charge in [-0.3, -0.25) is 4.79 Å². The summed E-state index contributed by atoms with van der Waals surface area (Å²) < 4.78 is 5.08. The lowest BCUT2D eigenvalue weighted by atomic mass is 10.2. The number of rotatable bonds is 8. The van der Waals surface area contributed by atoms with Crippen LogP contribution in [0.5, 0.6) is 5.75 Å². The molecule has 1 rings (SSSR count). The van der Waals surface area contributed by atoms with E-state index < -0.39 is 12.0 Å². The maximum absolute atomic E-state index is 10.9. The van der Waals surface area contributed by atoms with Crippen molar-refractivity contribution in [3.8, 4) is 5.75 Å². The number of carboxylic acid groups (broad SMARTS) is 1. The number of hydrogen-bond donors (Lipinski definition) is 2. The number of ether oxygens (including phenoxy) is 1. The van der Waals surface area contributed by atoms with Gasteiger partial charge in [-0.25, -0.2) is 0 Å². The molecule has 0 saturated carbocycles. The Morgan fingerprint density at radius 2 is 2.11 bits per heavy atom. The zero-order valence-electron chi connectivity index (χ0n) is 10.7. The predicted molar refractivity (Wildman–Crippen MR) is 73.4 cm³/mol. The van der Waals surface area contributed by atoms with Crippen molar-refractivity contribution in [2.75, 3.05) is 19.4 Å². The van der Waals surface area contributed by atoms with E-state index in [1.807, 2.05) is 31.2 Å². The fraction of sp³-hybridized carbons (Fsp3) is 0.462. The molecule has 2 N–H and O–H groups in total. The fourth-order valence-corrected chi connectivity index (χ4v) is 2.44. The molecule has 100 valence electrons. The Bertz CT molecular complexity index is 367. The molecule has 0 fully saturated rings. The molecule has 1 aromatic carbocycles. The third kappa shape index (κ3) is 4.98. The second-order valence-electron chi connectivity index (χ2n) is 3.76. The highest BCUT2D eigenvalue weighted by Gasteiger charge is 2.15. The average molecular weight is 269 g/mol. The highest BCUT2D eigenvalue weighted by molar-refractivity contribution is 7.99. The molecule has 0 amide bonds. The predicted octanol–water partition coefficient (Wildman–Crippen LogP) is 2.24. The summed E-state index contributed by atoms with van der Waals surface area (Å²) in [7, 11) is 1.63. The van der Waals surface area contributed by atoms with Gasteiger partial charge in [0.15, 0.2) is 0 Å². The molecule has 0 aliphatic carbocycles. The van der Waals surface area contributed by atoms with Crippen LogP contribution in [0.15, 0.2) is 29.2 Å². The van der Waals surface area contributed by atoms with Crippen molar-refractivity contribution in [2.45, 2.75) is 24.3 Å².